The molecular weight excluding hydrogens is 497 g/mol. The zero-order valence-corrected chi connectivity index (χ0v) is 21.4. The van der Waals surface area contributed by atoms with Crippen LogP contribution in [0.5, 0.6) is 0 Å². The molecule has 0 bridgehead atoms. The molecule has 1 aliphatic rings. The van der Waals surface area contributed by atoms with Gasteiger partial charge < -0.3 is 4.98 Å². The highest BCUT2D eigenvalue weighted by Gasteiger charge is 2.23. The lowest BCUT2D eigenvalue weighted by Gasteiger charge is -2.31. The maximum atomic E-state index is 13.5. The third-order valence-corrected chi connectivity index (χ3v) is 7.51. The molecule has 38 heavy (non-hydrogen) atoms. The number of piperidine rings is 1. The van der Waals surface area contributed by atoms with E-state index in [1.807, 2.05) is 36.4 Å². The van der Waals surface area contributed by atoms with Gasteiger partial charge in [0.1, 0.15) is 16.8 Å². The standard InChI is InChI=1S/C31H25ClFN5/c1-34-28-18-25(21-5-3-2-4-6-21)29(37-30(28)32)22-9-7-20(8-10-22)19-38-15-13-23(14-16-38)31-35-26-12-11-24(33)17-27(26)36-31/h2-12,17-18,23H,13-16,19H2,(H,35,36). The average Bonchev–Trinajstić information content (AvgIpc) is 3.37. The molecular formula is C31H25ClFN5. The van der Waals surface area contributed by atoms with Crippen LogP contribution in [-0.4, -0.2) is 32.9 Å². The first-order valence-corrected chi connectivity index (χ1v) is 13.1. The van der Waals surface area contributed by atoms with E-state index in [9.17, 15) is 4.39 Å². The Kier molecular flexibility index (Phi) is 6.63. The van der Waals surface area contributed by atoms with Gasteiger partial charge in [0.15, 0.2) is 0 Å². The minimum Gasteiger partial charge on any atom is -0.342 e. The smallest absolute Gasteiger partial charge is 0.224 e. The summed E-state index contributed by atoms with van der Waals surface area (Å²) in [4.78, 5) is 18.6. The van der Waals surface area contributed by atoms with Crippen molar-refractivity contribution in [3.63, 3.8) is 0 Å². The number of aromatic nitrogens is 3. The summed E-state index contributed by atoms with van der Waals surface area (Å²) >= 11 is 6.33. The van der Waals surface area contributed by atoms with Crippen LogP contribution in [0, 0.1) is 12.4 Å². The van der Waals surface area contributed by atoms with E-state index in [1.165, 1.54) is 17.7 Å². The van der Waals surface area contributed by atoms with Gasteiger partial charge in [-0.3, -0.25) is 4.90 Å². The van der Waals surface area contributed by atoms with Crippen molar-refractivity contribution in [3.8, 4) is 22.4 Å². The number of hydrogen-bond acceptors (Lipinski definition) is 3. The summed E-state index contributed by atoms with van der Waals surface area (Å²) < 4.78 is 13.5. The van der Waals surface area contributed by atoms with Crippen LogP contribution in [0.2, 0.25) is 5.15 Å². The summed E-state index contributed by atoms with van der Waals surface area (Å²) in [5, 5.41) is 0.219. The number of pyridine rings is 1. The highest BCUT2D eigenvalue weighted by atomic mass is 35.5. The molecule has 0 amide bonds. The Labute approximate surface area is 225 Å². The number of nitrogens with one attached hydrogen (secondary N) is 1. The molecule has 7 heteroatoms. The second-order valence-corrected chi connectivity index (χ2v) is 10.1. The quantitative estimate of drug-likeness (QED) is 0.188. The molecule has 2 aromatic heterocycles. The fourth-order valence-corrected chi connectivity index (χ4v) is 5.38. The topological polar surface area (TPSA) is 49.2 Å². The van der Waals surface area contributed by atoms with Crippen LogP contribution in [0.1, 0.15) is 30.1 Å². The van der Waals surface area contributed by atoms with E-state index in [0.717, 1.165) is 71.7 Å². The Bertz CT molecular complexity index is 1630. The third kappa shape index (κ3) is 4.91. The van der Waals surface area contributed by atoms with Crippen LogP contribution < -0.4 is 0 Å². The molecule has 5 nitrogen and oxygen atoms in total. The molecule has 0 saturated carbocycles. The minimum atomic E-state index is -0.246. The molecule has 5 aromatic rings. The number of halogens is 2. The Hall–Kier alpha value is -4.05. The second-order valence-electron chi connectivity index (χ2n) is 9.70. The van der Waals surface area contributed by atoms with Gasteiger partial charge in [-0.2, -0.15) is 0 Å². The van der Waals surface area contributed by atoms with Crippen LogP contribution >= 0.6 is 11.6 Å². The average molecular weight is 522 g/mol. The predicted molar refractivity (Wildman–Crippen MR) is 150 cm³/mol. The van der Waals surface area contributed by atoms with Crippen molar-refractivity contribution in [1.29, 1.82) is 0 Å². The van der Waals surface area contributed by atoms with Gasteiger partial charge >= 0.3 is 0 Å². The number of rotatable bonds is 5. The van der Waals surface area contributed by atoms with Crippen molar-refractivity contribution in [3.05, 3.63) is 113 Å². The van der Waals surface area contributed by atoms with Gasteiger partial charge in [-0.1, -0.05) is 66.2 Å². The molecule has 0 spiro atoms. The summed E-state index contributed by atoms with van der Waals surface area (Å²) in [7, 11) is 0. The van der Waals surface area contributed by atoms with Gasteiger partial charge in [-0.05, 0) is 66.9 Å². The van der Waals surface area contributed by atoms with Gasteiger partial charge in [-0.25, -0.2) is 19.2 Å². The lowest BCUT2D eigenvalue weighted by Crippen LogP contribution is -2.32. The molecule has 1 saturated heterocycles. The molecule has 0 radical (unpaired) electrons. The minimum absolute atomic E-state index is 0.219. The van der Waals surface area contributed by atoms with Gasteiger partial charge in [0.05, 0.1) is 23.3 Å². The number of nitrogens with zero attached hydrogens (tertiary/aromatic N) is 4. The Morgan fingerprint density at radius 1 is 0.947 bits per heavy atom. The van der Waals surface area contributed by atoms with Crippen LogP contribution in [-0.2, 0) is 6.54 Å². The first-order valence-electron chi connectivity index (χ1n) is 12.7. The maximum Gasteiger partial charge on any atom is 0.224 e. The van der Waals surface area contributed by atoms with Crippen molar-refractivity contribution < 1.29 is 4.39 Å². The van der Waals surface area contributed by atoms with Gasteiger partial charge in [-0.15, -0.1) is 0 Å². The van der Waals surface area contributed by atoms with Crippen LogP contribution in [0.3, 0.4) is 0 Å². The number of imidazole rings is 1. The summed E-state index contributed by atoms with van der Waals surface area (Å²) in [5.41, 5.74) is 6.79. The number of aromatic amines is 1. The van der Waals surface area contributed by atoms with E-state index >= 15 is 0 Å². The van der Waals surface area contributed by atoms with E-state index in [1.54, 1.807) is 6.07 Å². The molecule has 6 rings (SSSR count). The van der Waals surface area contributed by atoms with Crippen LogP contribution in [0.15, 0.2) is 78.9 Å². The summed E-state index contributed by atoms with van der Waals surface area (Å²) in [5.74, 6) is 1.07. The van der Waals surface area contributed by atoms with Crippen LogP contribution in [0.25, 0.3) is 38.3 Å². The Balaban J connectivity index is 1.15. The van der Waals surface area contributed by atoms with E-state index in [0.29, 0.717) is 11.6 Å². The monoisotopic (exact) mass is 521 g/mol. The number of hydrogen-bond donors (Lipinski definition) is 1. The number of fused-ring (bicyclic) bond motifs is 1. The normalized spacial score (nSPS) is 14.6. The Morgan fingerprint density at radius 2 is 1.71 bits per heavy atom. The maximum absolute atomic E-state index is 13.5. The number of likely N-dealkylation sites (tertiary alicyclic amines) is 1. The molecule has 3 aromatic carbocycles. The third-order valence-electron chi connectivity index (χ3n) is 7.23. The van der Waals surface area contributed by atoms with Crippen molar-refractivity contribution in [1.82, 2.24) is 19.9 Å². The van der Waals surface area contributed by atoms with Crippen molar-refractivity contribution >= 4 is 28.3 Å². The fraction of sp³-hybridized carbons (Fsp3) is 0.194. The van der Waals surface area contributed by atoms with Crippen molar-refractivity contribution in [2.24, 2.45) is 0 Å². The van der Waals surface area contributed by atoms with E-state index in [-0.39, 0.29) is 11.0 Å². The first-order chi connectivity index (χ1) is 18.6. The molecule has 0 unspecified atom stereocenters. The van der Waals surface area contributed by atoms with Gasteiger partial charge in [0.25, 0.3) is 0 Å². The van der Waals surface area contributed by atoms with E-state index in [4.69, 9.17) is 23.2 Å². The summed E-state index contributed by atoms with van der Waals surface area (Å²) in [6.45, 7) is 10.3. The van der Waals surface area contributed by atoms with E-state index in [2.05, 4.69) is 44.0 Å². The molecule has 0 aliphatic carbocycles. The molecule has 1 aliphatic heterocycles. The summed E-state index contributed by atoms with van der Waals surface area (Å²) in [6.07, 6.45) is 2.02. The lowest BCUT2D eigenvalue weighted by atomic mass is 9.95. The number of H-pyrrole nitrogens is 1. The summed E-state index contributed by atoms with van der Waals surface area (Å²) in [6, 6.07) is 24.9. The van der Waals surface area contributed by atoms with E-state index < -0.39 is 0 Å². The predicted octanol–water partition coefficient (Wildman–Crippen LogP) is 8.01. The van der Waals surface area contributed by atoms with Gasteiger partial charge in [0.2, 0.25) is 5.69 Å². The molecule has 3 heterocycles. The zero-order valence-electron chi connectivity index (χ0n) is 20.7. The molecule has 188 valence electrons. The van der Waals surface area contributed by atoms with Gasteiger partial charge in [0, 0.05) is 18.0 Å². The zero-order chi connectivity index (χ0) is 26.1. The highest BCUT2D eigenvalue weighted by Crippen LogP contribution is 2.37. The van der Waals surface area contributed by atoms with Crippen LogP contribution in [0.4, 0.5) is 10.1 Å². The molecule has 0 atom stereocenters. The fourth-order valence-electron chi connectivity index (χ4n) is 5.20. The largest absolute Gasteiger partial charge is 0.342 e. The number of benzene rings is 3. The highest BCUT2D eigenvalue weighted by molar-refractivity contribution is 6.32. The Morgan fingerprint density at radius 3 is 2.45 bits per heavy atom. The SMILES string of the molecule is [C-]#[N+]c1cc(-c2ccccc2)c(-c2ccc(CN3CCC(c4nc5ccc(F)cc5[nH]4)CC3)cc2)nc1Cl. The van der Waals surface area contributed by atoms with Crippen molar-refractivity contribution in [2.75, 3.05) is 13.1 Å². The first kappa shape index (κ1) is 24.3. The molecule has 1 fully saturated rings. The second kappa shape index (κ2) is 10.4. The molecule has 1 N–H and O–H groups in total. The lowest BCUT2D eigenvalue weighted by molar-refractivity contribution is 0.202. The van der Waals surface area contributed by atoms with Crippen molar-refractivity contribution in [2.45, 2.75) is 25.3 Å².